The highest BCUT2D eigenvalue weighted by atomic mass is 16.4. The molecule has 0 unspecified atom stereocenters. The molecule has 0 aromatic carbocycles. The maximum absolute atomic E-state index is 11.0. The maximum Gasteiger partial charge on any atom is 0.407 e. The first-order valence-electron chi connectivity index (χ1n) is 5.88. The van der Waals surface area contributed by atoms with Crippen LogP contribution in [0.1, 0.15) is 17.2 Å². The van der Waals surface area contributed by atoms with Gasteiger partial charge in [-0.05, 0) is 17.5 Å². The van der Waals surface area contributed by atoms with Crippen LogP contribution in [0.2, 0.25) is 0 Å². The molecule has 2 atom stereocenters. The molecule has 1 saturated heterocycles. The Morgan fingerprint density at radius 2 is 2.41 bits per heavy atom. The van der Waals surface area contributed by atoms with Crippen LogP contribution < -0.4 is 5.32 Å². The van der Waals surface area contributed by atoms with Crippen molar-refractivity contribution in [2.75, 3.05) is 19.6 Å². The van der Waals surface area contributed by atoms with E-state index in [1.54, 1.807) is 6.20 Å². The van der Waals surface area contributed by atoms with Crippen molar-refractivity contribution >= 4 is 6.09 Å². The van der Waals surface area contributed by atoms with Gasteiger partial charge in [-0.25, -0.2) is 4.79 Å². The Labute approximate surface area is 99.5 Å². The van der Waals surface area contributed by atoms with E-state index < -0.39 is 6.09 Å². The standard InChI is InChI=1S/C12H15N3O2/c16-12(17)15-6-9-5-13-4-8-2-1-3-14-11(8)10(9)7-15/h1-3,9-10,13H,4-7H2,(H,16,17)/t9-,10-/m0/s1. The summed E-state index contributed by atoms with van der Waals surface area (Å²) in [5.41, 5.74) is 2.28. The maximum atomic E-state index is 11.0. The van der Waals surface area contributed by atoms with Gasteiger partial charge in [0.25, 0.3) is 0 Å². The summed E-state index contributed by atoms with van der Waals surface area (Å²) in [6, 6.07) is 4.01. The van der Waals surface area contributed by atoms with Gasteiger partial charge in [-0.15, -0.1) is 0 Å². The van der Waals surface area contributed by atoms with Gasteiger partial charge < -0.3 is 15.3 Å². The quantitative estimate of drug-likeness (QED) is 0.698. The first-order valence-corrected chi connectivity index (χ1v) is 5.88. The molecule has 2 N–H and O–H groups in total. The van der Waals surface area contributed by atoms with Gasteiger partial charge in [0, 0.05) is 38.3 Å². The van der Waals surface area contributed by atoms with Gasteiger partial charge in [0.1, 0.15) is 0 Å². The summed E-state index contributed by atoms with van der Waals surface area (Å²) in [7, 11) is 0. The molecule has 3 heterocycles. The average Bonchev–Trinajstić information content (AvgIpc) is 2.67. The summed E-state index contributed by atoms with van der Waals surface area (Å²) < 4.78 is 0. The fourth-order valence-electron chi connectivity index (χ4n) is 2.87. The molecule has 0 radical (unpaired) electrons. The van der Waals surface area contributed by atoms with Crippen molar-refractivity contribution < 1.29 is 9.90 Å². The lowest BCUT2D eigenvalue weighted by molar-refractivity contribution is 0.153. The van der Waals surface area contributed by atoms with Crippen molar-refractivity contribution in [3.63, 3.8) is 0 Å². The predicted octanol–water partition coefficient (Wildman–Crippen LogP) is 0.878. The minimum Gasteiger partial charge on any atom is -0.465 e. The Kier molecular flexibility index (Phi) is 2.48. The number of carboxylic acid groups (broad SMARTS) is 1. The number of likely N-dealkylation sites (tertiary alicyclic amines) is 1. The summed E-state index contributed by atoms with van der Waals surface area (Å²) in [5, 5.41) is 12.4. The fraction of sp³-hybridized carbons (Fsp3) is 0.500. The number of nitrogens with zero attached hydrogens (tertiary/aromatic N) is 2. The monoisotopic (exact) mass is 233 g/mol. The minimum atomic E-state index is -0.824. The fourth-order valence-corrected chi connectivity index (χ4v) is 2.87. The minimum absolute atomic E-state index is 0.248. The third-order valence-corrected chi connectivity index (χ3v) is 3.71. The van der Waals surface area contributed by atoms with Crippen molar-refractivity contribution in [2.45, 2.75) is 12.5 Å². The lowest BCUT2D eigenvalue weighted by Crippen LogP contribution is -2.29. The molecule has 1 aromatic heterocycles. The highest BCUT2D eigenvalue weighted by Crippen LogP contribution is 2.34. The molecule has 5 nitrogen and oxygen atoms in total. The topological polar surface area (TPSA) is 65.5 Å². The Bertz CT molecular complexity index is 449. The molecule has 1 aromatic rings. The Morgan fingerprint density at radius 3 is 3.24 bits per heavy atom. The normalized spacial score (nSPS) is 27.2. The average molecular weight is 233 g/mol. The number of hydrogen-bond donors (Lipinski definition) is 2. The van der Waals surface area contributed by atoms with Crippen LogP contribution in [0.5, 0.6) is 0 Å². The first-order chi connectivity index (χ1) is 8.25. The van der Waals surface area contributed by atoms with Gasteiger partial charge in [0.15, 0.2) is 0 Å². The van der Waals surface area contributed by atoms with E-state index in [0.29, 0.717) is 19.0 Å². The Morgan fingerprint density at radius 1 is 1.53 bits per heavy atom. The zero-order valence-corrected chi connectivity index (χ0v) is 9.47. The van der Waals surface area contributed by atoms with E-state index in [-0.39, 0.29) is 5.92 Å². The molecule has 3 rings (SSSR count). The predicted molar refractivity (Wildman–Crippen MR) is 61.8 cm³/mol. The smallest absolute Gasteiger partial charge is 0.407 e. The van der Waals surface area contributed by atoms with Gasteiger partial charge in [0.05, 0.1) is 5.69 Å². The van der Waals surface area contributed by atoms with E-state index in [1.807, 2.05) is 6.07 Å². The van der Waals surface area contributed by atoms with Crippen molar-refractivity contribution in [1.29, 1.82) is 0 Å². The van der Waals surface area contributed by atoms with Gasteiger partial charge in [-0.3, -0.25) is 4.98 Å². The first kappa shape index (κ1) is 10.5. The molecular formula is C12H15N3O2. The summed E-state index contributed by atoms with van der Waals surface area (Å²) in [6.07, 6.45) is 0.973. The van der Waals surface area contributed by atoms with Crippen LogP contribution in [0.3, 0.4) is 0 Å². The number of rotatable bonds is 0. The van der Waals surface area contributed by atoms with Crippen LogP contribution >= 0.6 is 0 Å². The van der Waals surface area contributed by atoms with Crippen molar-refractivity contribution in [2.24, 2.45) is 5.92 Å². The number of fused-ring (bicyclic) bond motifs is 3. The Hall–Kier alpha value is -1.62. The lowest BCUT2D eigenvalue weighted by Gasteiger charge is -2.14. The van der Waals surface area contributed by atoms with E-state index in [4.69, 9.17) is 5.11 Å². The third kappa shape index (κ3) is 1.76. The van der Waals surface area contributed by atoms with Crippen LogP contribution in [0.15, 0.2) is 18.3 Å². The zero-order valence-electron chi connectivity index (χ0n) is 9.47. The number of aromatic nitrogens is 1. The molecule has 90 valence electrons. The molecule has 17 heavy (non-hydrogen) atoms. The van der Waals surface area contributed by atoms with Gasteiger partial charge in [-0.2, -0.15) is 0 Å². The van der Waals surface area contributed by atoms with E-state index in [9.17, 15) is 4.79 Å². The van der Waals surface area contributed by atoms with Crippen LogP contribution in [0.4, 0.5) is 4.79 Å². The van der Waals surface area contributed by atoms with Crippen LogP contribution in [0, 0.1) is 5.92 Å². The number of nitrogens with one attached hydrogen (secondary N) is 1. The summed E-state index contributed by atoms with van der Waals surface area (Å²) in [6.45, 7) is 2.89. The largest absolute Gasteiger partial charge is 0.465 e. The Balaban J connectivity index is 1.95. The molecule has 1 amide bonds. The number of hydrogen-bond acceptors (Lipinski definition) is 3. The van der Waals surface area contributed by atoms with E-state index in [0.717, 1.165) is 18.8 Å². The van der Waals surface area contributed by atoms with Crippen LogP contribution in [0.25, 0.3) is 0 Å². The molecule has 0 bridgehead atoms. The van der Waals surface area contributed by atoms with Crippen molar-refractivity contribution in [3.8, 4) is 0 Å². The highest BCUT2D eigenvalue weighted by Gasteiger charge is 2.38. The summed E-state index contributed by atoms with van der Waals surface area (Å²) in [5.74, 6) is 0.597. The second-order valence-corrected chi connectivity index (χ2v) is 4.73. The molecule has 0 saturated carbocycles. The van der Waals surface area contributed by atoms with Gasteiger partial charge in [-0.1, -0.05) is 6.07 Å². The lowest BCUT2D eigenvalue weighted by atomic mass is 9.91. The SMILES string of the molecule is O=C(O)N1C[C@@H]2CNCc3cccnc3[C@H]2C1. The van der Waals surface area contributed by atoms with Gasteiger partial charge in [0.2, 0.25) is 0 Å². The molecule has 5 heteroatoms. The highest BCUT2D eigenvalue weighted by molar-refractivity contribution is 5.65. The van der Waals surface area contributed by atoms with E-state index >= 15 is 0 Å². The molecule has 1 fully saturated rings. The number of carbonyl (C=O) groups is 1. The van der Waals surface area contributed by atoms with Gasteiger partial charge >= 0.3 is 6.09 Å². The van der Waals surface area contributed by atoms with E-state index in [1.165, 1.54) is 10.5 Å². The molecule has 0 spiro atoms. The third-order valence-electron chi connectivity index (χ3n) is 3.71. The van der Waals surface area contributed by atoms with Crippen molar-refractivity contribution in [3.05, 3.63) is 29.6 Å². The number of pyridine rings is 1. The van der Waals surface area contributed by atoms with Crippen LogP contribution in [-0.4, -0.2) is 40.7 Å². The molecular weight excluding hydrogens is 218 g/mol. The van der Waals surface area contributed by atoms with E-state index in [2.05, 4.69) is 16.4 Å². The van der Waals surface area contributed by atoms with Crippen LogP contribution in [-0.2, 0) is 6.54 Å². The van der Waals surface area contributed by atoms with Crippen molar-refractivity contribution in [1.82, 2.24) is 15.2 Å². The second-order valence-electron chi connectivity index (χ2n) is 4.73. The summed E-state index contributed by atoms with van der Waals surface area (Å²) >= 11 is 0. The molecule has 2 aliphatic rings. The second kappa shape index (κ2) is 4.00. The molecule has 0 aliphatic carbocycles. The summed E-state index contributed by atoms with van der Waals surface area (Å²) in [4.78, 5) is 17.0. The molecule has 2 aliphatic heterocycles. The zero-order chi connectivity index (χ0) is 11.8. The number of amides is 1.